The largest absolute Gasteiger partial charge is 0.378 e. The van der Waals surface area contributed by atoms with Crippen molar-refractivity contribution in [3.05, 3.63) is 40.3 Å². The number of para-hydroxylation sites is 1. The number of halogens is 1. The zero-order valence-corrected chi connectivity index (χ0v) is 16.9. The van der Waals surface area contributed by atoms with Gasteiger partial charge in [0, 0.05) is 13.1 Å². The number of benzene rings is 1. The molecular weight excluding hydrogens is 424 g/mol. The molecular formula is C18H19BrN8O. The van der Waals surface area contributed by atoms with Gasteiger partial charge >= 0.3 is 0 Å². The number of hydrogen-bond donors (Lipinski definition) is 2. The predicted octanol–water partition coefficient (Wildman–Crippen LogP) is 2.52. The SMILES string of the molecule is Cc1cccc2[nH]c(CNc3nc(N4CCOCC4)nc4c(Br)cnn34)nc12. The van der Waals surface area contributed by atoms with E-state index >= 15 is 0 Å². The Hall–Kier alpha value is -2.72. The van der Waals surface area contributed by atoms with Gasteiger partial charge in [-0.1, -0.05) is 12.1 Å². The molecule has 0 radical (unpaired) electrons. The summed E-state index contributed by atoms with van der Waals surface area (Å²) in [4.78, 5) is 19.6. The van der Waals surface area contributed by atoms with Gasteiger partial charge in [0.2, 0.25) is 11.9 Å². The Balaban J connectivity index is 1.47. The van der Waals surface area contributed by atoms with Crippen LogP contribution < -0.4 is 10.2 Å². The number of aromatic amines is 1. The summed E-state index contributed by atoms with van der Waals surface area (Å²) in [6.45, 7) is 5.45. The Kier molecular flexibility index (Phi) is 4.36. The molecule has 1 saturated heterocycles. The van der Waals surface area contributed by atoms with Gasteiger partial charge < -0.3 is 19.9 Å². The van der Waals surface area contributed by atoms with Gasteiger partial charge in [-0.2, -0.15) is 19.6 Å². The highest BCUT2D eigenvalue weighted by molar-refractivity contribution is 9.10. The van der Waals surface area contributed by atoms with E-state index in [1.807, 2.05) is 12.1 Å². The molecule has 0 bridgehead atoms. The second kappa shape index (κ2) is 7.02. The number of ether oxygens (including phenoxy) is 1. The first-order valence-electron chi connectivity index (χ1n) is 9.11. The van der Waals surface area contributed by atoms with E-state index in [0.29, 0.717) is 31.7 Å². The summed E-state index contributed by atoms with van der Waals surface area (Å²) in [5.74, 6) is 2.13. The lowest BCUT2D eigenvalue weighted by atomic mass is 10.2. The topological polar surface area (TPSA) is 96.3 Å². The van der Waals surface area contributed by atoms with Crippen LogP contribution in [-0.4, -0.2) is 55.9 Å². The van der Waals surface area contributed by atoms with Gasteiger partial charge in [0.05, 0.1) is 41.5 Å². The van der Waals surface area contributed by atoms with E-state index in [4.69, 9.17) is 14.7 Å². The summed E-state index contributed by atoms with van der Waals surface area (Å²) in [5, 5.41) is 7.74. The Bertz CT molecular complexity index is 1150. The fourth-order valence-electron chi connectivity index (χ4n) is 3.33. The maximum absolute atomic E-state index is 5.44. The Labute approximate surface area is 169 Å². The van der Waals surface area contributed by atoms with Gasteiger partial charge in [0.25, 0.3) is 0 Å². The number of aryl methyl sites for hydroxylation is 1. The van der Waals surface area contributed by atoms with Crippen LogP contribution in [0, 0.1) is 6.92 Å². The van der Waals surface area contributed by atoms with Gasteiger partial charge in [-0.25, -0.2) is 4.98 Å². The van der Waals surface area contributed by atoms with E-state index in [2.05, 4.69) is 54.2 Å². The number of nitrogens with zero attached hydrogens (tertiary/aromatic N) is 6. The quantitative estimate of drug-likeness (QED) is 0.501. The third-order valence-electron chi connectivity index (χ3n) is 4.78. The lowest BCUT2D eigenvalue weighted by Gasteiger charge is -2.27. The van der Waals surface area contributed by atoms with Crippen molar-refractivity contribution >= 4 is 44.5 Å². The van der Waals surface area contributed by atoms with Gasteiger partial charge in [-0.3, -0.25) is 0 Å². The maximum Gasteiger partial charge on any atom is 0.230 e. The molecule has 4 aromatic rings. The molecule has 1 aliphatic heterocycles. The zero-order valence-electron chi connectivity index (χ0n) is 15.3. The number of rotatable bonds is 4. The molecule has 2 N–H and O–H groups in total. The van der Waals surface area contributed by atoms with Crippen molar-refractivity contribution in [1.82, 2.24) is 29.5 Å². The molecule has 1 aromatic carbocycles. The van der Waals surface area contributed by atoms with Crippen LogP contribution in [-0.2, 0) is 11.3 Å². The second-order valence-corrected chi connectivity index (χ2v) is 7.54. The van der Waals surface area contributed by atoms with Gasteiger partial charge in [0.1, 0.15) is 5.82 Å². The standard InChI is InChI=1S/C18H19BrN8O/c1-11-3-2-4-13-15(11)23-14(22-13)10-20-17-25-18(26-5-7-28-8-6-26)24-16-12(19)9-21-27(16)17/h2-4,9H,5-8,10H2,1H3,(H,22,23)(H,20,24,25). The van der Waals surface area contributed by atoms with Crippen LogP contribution in [0.15, 0.2) is 28.9 Å². The summed E-state index contributed by atoms with van der Waals surface area (Å²) >= 11 is 3.52. The lowest BCUT2D eigenvalue weighted by Crippen LogP contribution is -2.37. The number of H-pyrrole nitrogens is 1. The molecule has 0 saturated carbocycles. The third kappa shape index (κ3) is 3.08. The molecule has 0 amide bonds. The van der Waals surface area contributed by atoms with Crippen LogP contribution in [0.2, 0.25) is 0 Å². The highest BCUT2D eigenvalue weighted by atomic mass is 79.9. The van der Waals surface area contributed by atoms with Crippen LogP contribution >= 0.6 is 15.9 Å². The van der Waals surface area contributed by atoms with Crippen LogP contribution in [0.3, 0.4) is 0 Å². The first kappa shape index (κ1) is 17.4. The molecule has 5 rings (SSSR count). The van der Waals surface area contributed by atoms with Crippen molar-refractivity contribution in [2.24, 2.45) is 0 Å². The first-order chi connectivity index (χ1) is 13.7. The number of imidazole rings is 1. The first-order valence-corrected chi connectivity index (χ1v) is 9.90. The minimum absolute atomic E-state index is 0.500. The zero-order chi connectivity index (χ0) is 19.1. The van der Waals surface area contributed by atoms with E-state index in [1.54, 1.807) is 10.7 Å². The molecule has 3 aromatic heterocycles. The van der Waals surface area contributed by atoms with E-state index in [1.165, 1.54) is 0 Å². The molecule has 10 heteroatoms. The second-order valence-electron chi connectivity index (χ2n) is 6.68. The minimum Gasteiger partial charge on any atom is -0.378 e. The molecule has 28 heavy (non-hydrogen) atoms. The number of anilines is 2. The molecule has 144 valence electrons. The number of nitrogens with one attached hydrogen (secondary N) is 2. The monoisotopic (exact) mass is 442 g/mol. The van der Waals surface area contributed by atoms with Crippen molar-refractivity contribution in [1.29, 1.82) is 0 Å². The van der Waals surface area contributed by atoms with Gasteiger partial charge in [-0.05, 0) is 34.5 Å². The van der Waals surface area contributed by atoms with Crippen LogP contribution in [0.4, 0.5) is 11.9 Å². The van der Waals surface area contributed by atoms with E-state index in [-0.39, 0.29) is 0 Å². The molecule has 0 aliphatic carbocycles. The lowest BCUT2D eigenvalue weighted by molar-refractivity contribution is 0.122. The van der Waals surface area contributed by atoms with Gasteiger partial charge in [-0.15, -0.1) is 0 Å². The Morgan fingerprint density at radius 2 is 2.07 bits per heavy atom. The molecule has 0 unspecified atom stereocenters. The Morgan fingerprint density at radius 3 is 2.89 bits per heavy atom. The van der Waals surface area contributed by atoms with Crippen molar-refractivity contribution in [3.63, 3.8) is 0 Å². The van der Waals surface area contributed by atoms with Crippen molar-refractivity contribution in [3.8, 4) is 0 Å². The molecule has 9 nitrogen and oxygen atoms in total. The average molecular weight is 443 g/mol. The minimum atomic E-state index is 0.500. The van der Waals surface area contributed by atoms with Crippen molar-refractivity contribution in [2.45, 2.75) is 13.5 Å². The third-order valence-corrected chi connectivity index (χ3v) is 5.34. The summed E-state index contributed by atoms with van der Waals surface area (Å²) in [5.41, 5.74) is 3.89. The Morgan fingerprint density at radius 1 is 1.21 bits per heavy atom. The molecule has 1 aliphatic rings. The van der Waals surface area contributed by atoms with Crippen LogP contribution in [0.5, 0.6) is 0 Å². The molecule has 0 spiro atoms. The fraction of sp³-hybridized carbons (Fsp3) is 0.333. The number of hydrogen-bond acceptors (Lipinski definition) is 7. The van der Waals surface area contributed by atoms with E-state index in [0.717, 1.165) is 45.6 Å². The average Bonchev–Trinajstić information content (AvgIpc) is 3.31. The normalized spacial score (nSPS) is 14.9. The number of aromatic nitrogens is 6. The number of fused-ring (bicyclic) bond motifs is 2. The maximum atomic E-state index is 5.44. The van der Waals surface area contributed by atoms with Gasteiger partial charge in [0.15, 0.2) is 5.65 Å². The van der Waals surface area contributed by atoms with Crippen LogP contribution in [0.1, 0.15) is 11.4 Å². The van der Waals surface area contributed by atoms with Crippen molar-refractivity contribution in [2.75, 3.05) is 36.5 Å². The molecule has 4 heterocycles. The summed E-state index contributed by atoms with van der Waals surface area (Å²) in [7, 11) is 0. The predicted molar refractivity (Wildman–Crippen MR) is 110 cm³/mol. The highest BCUT2D eigenvalue weighted by Crippen LogP contribution is 2.22. The van der Waals surface area contributed by atoms with E-state index in [9.17, 15) is 0 Å². The summed E-state index contributed by atoms with van der Waals surface area (Å²) in [6.07, 6.45) is 1.73. The highest BCUT2D eigenvalue weighted by Gasteiger charge is 2.18. The van der Waals surface area contributed by atoms with Crippen molar-refractivity contribution < 1.29 is 4.74 Å². The molecule has 1 fully saturated rings. The summed E-state index contributed by atoms with van der Waals surface area (Å²) in [6, 6.07) is 6.12. The smallest absolute Gasteiger partial charge is 0.230 e. The molecule has 0 atom stereocenters. The van der Waals surface area contributed by atoms with Crippen LogP contribution in [0.25, 0.3) is 16.7 Å². The fourth-order valence-corrected chi connectivity index (χ4v) is 3.68. The van der Waals surface area contributed by atoms with E-state index < -0.39 is 0 Å². The number of morpholine rings is 1. The summed E-state index contributed by atoms with van der Waals surface area (Å²) < 4.78 is 7.96.